The Balaban J connectivity index is 1.94. The number of aliphatic hydroxyl groups excluding tert-OH is 2. The van der Waals surface area contributed by atoms with Gasteiger partial charge in [-0.2, -0.15) is 0 Å². The Morgan fingerprint density at radius 3 is 2.48 bits per heavy atom. The summed E-state index contributed by atoms with van der Waals surface area (Å²) in [6, 6.07) is 13.9. The summed E-state index contributed by atoms with van der Waals surface area (Å²) in [4.78, 5) is 12.5. The molecule has 0 aliphatic carbocycles. The molecule has 0 saturated heterocycles. The van der Waals surface area contributed by atoms with Crippen molar-refractivity contribution < 1.29 is 24.5 Å². The van der Waals surface area contributed by atoms with Gasteiger partial charge in [0.1, 0.15) is 29.8 Å². The molecule has 27 heavy (non-hydrogen) atoms. The van der Waals surface area contributed by atoms with Gasteiger partial charge in [0.2, 0.25) is 0 Å². The molecule has 3 aromatic rings. The van der Waals surface area contributed by atoms with Gasteiger partial charge in [-0.05, 0) is 36.2 Å². The van der Waals surface area contributed by atoms with Crippen molar-refractivity contribution in [1.82, 2.24) is 0 Å². The first kappa shape index (κ1) is 18.9. The highest BCUT2D eigenvalue weighted by Crippen LogP contribution is 2.36. The van der Waals surface area contributed by atoms with Crippen molar-refractivity contribution in [3.63, 3.8) is 0 Å². The Bertz CT molecular complexity index is 961. The van der Waals surface area contributed by atoms with E-state index >= 15 is 0 Å². The molecule has 142 valence electrons. The molecule has 1 heterocycles. The fourth-order valence-electron chi connectivity index (χ4n) is 3.10. The number of hydrogen-bond acceptors (Lipinski definition) is 6. The van der Waals surface area contributed by atoms with Crippen LogP contribution in [0.15, 0.2) is 57.7 Å². The molecule has 0 aliphatic rings. The van der Waals surface area contributed by atoms with Crippen molar-refractivity contribution in [2.45, 2.75) is 25.4 Å². The van der Waals surface area contributed by atoms with Crippen LogP contribution < -0.4 is 10.4 Å². The highest BCUT2D eigenvalue weighted by molar-refractivity contribution is 5.84. The Hall–Kier alpha value is -2.83. The molecule has 0 fully saturated rings. The molecule has 2 aromatic carbocycles. The van der Waals surface area contributed by atoms with Gasteiger partial charge in [-0.3, -0.25) is 0 Å². The summed E-state index contributed by atoms with van der Waals surface area (Å²) in [5, 5.41) is 29.4. The van der Waals surface area contributed by atoms with Gasteiger partial charge in [0.15, 0.2) is 0 Å². The molecule has 0 bridgehead atoms. The summed E-state index contributed by atoms with van der Waals surface area (Å²) in [6.07, 6.45) is -0.340. The molecule has 2 atom stereocenters. The van der Waals surface area contributed by atoms with Gasteiger partial charge < -0.3 is 24.5 Å². The number of fused-ring (bicyclic) bond motifs is 1. The molecule has 0 spiro atoms. The van der Waals surface area contributed by atoms with Crippen molar-refractivity contribution >= 4 is 11.0 Å². The summed E-state index contributed by atoms with van der Waals surface area (Å²) in [5.41, 5.74) is 0.875. The molecule has 6 nitrogen and oxygen atoms in total. The number of benzene rings is 2. The lowest BCUT2D eigenvalue weighted by Gasteiger charge is -2.17. The number of para-hydroxylation sites is 1. The molecule has 2 unspecified atom stereocenters. The SMILES string of the molecule is CCC(c1ccc(OCC(O)CO)cc1)c1c(O)c2ccccc2oc1=O. The highest BCUT2D eigenvalue weighted by atomic mass is 16.5. The zero-order valence-electron chi connectivity index (χ0n) is 15.0. The predicted molar refractivity (Wildman–Crippen MR) is 101 cm³/mol. The van der Waals surface area contributed by atoms with Gasteiger partial charge in [-0.25, -0.2) is 4.79 Å². The Morgan fingerprint density at radius 2 is 1.81 bits per heavy atom. The lowest BCUT2D eigenvalue weighted by atomic mass is 9.89. The average molecular weight is 370 g/mol. The Labute approximate surface area is 156 Å². The van der Waals surface area contributed by atoms with Gasteiger partial charge in [-0.15, -0.1) is 0 Å². The molecule has 0 saturated carbocycles. The first-order valence-electron chi connectivity index (χ1n) is 8.81. The molecule has 0 radical (unpaired) electrons. The minimum atomic E-state index is -0.938. The zero-order valence-corrected chi connectivity index (χ0v) is 15.0. The van der Waals surface area contributed by atoms with E-state index in [0.29, 0.717) is 23.1 Å². The third-order valence-corrected chi connectivity index (χ3v) is 4.51. The first-order chi connectivity index (χ1) is 13.0. The van der Waals surface area contributed by atoms with E-state index in [4.69, 9.17) is 14.3 Å². The number of aromatic hydroxyl groups is 1. The lowest BCUT2D eigenvalue weighted by Crippen LogP contribution is -2.21. The Morgan fingerprint density at radius 1 is 1.11 bits per heavy atom. The fraction of sp³-hybridized carbons (Fsp3) is 0.286. The van der Waals surface area contributed by atoms with Crippen molar-refractivity contribution in [1.29, 1.82) is 0 Å². The van der Waals surface area contributed by atoms with Crippen LogP contribution in [0, 0.1) is 0 Å². The predicted octanol–water partition coefficient (Wildman–Crippen LogP) is 2.77. The summed E-state index contributed by atoms with van der Waals surface area (Å²) >= 11 is 0. The van der Waals surface area contributed by atoms with E-state index in [1.807, 2.05) is 19.1 Å². The van der Waals surface area contributed by atoms with Crippen molar-refractivity contribution in [3.05, 3.63) is 70.1 Å². The molecule has 3 rings (SSSR count). The van der Waals surface area contributed by atoms with E-state index < -0.39 is 11.7 Å². The van der Waals surface area contributed by atoms with E-state index in [-0.39, 0.29) is 30.4 Å². The minimum absolute atomic E-state index is 0.0118. The van der Waals surface area contributed by atoms with Crippen LogP contribution in [-0.2, 0) is 0 Å². The molecule has 0 aliphatic heterocycles. The van der Waals surface area contributed by atoms with E-state index in [9.17, 15) is 15.0 Å². The molecular weight excluding hydrogens is 348 g/mol. The molecule has 1 aromatic heterocycles. The van der Waals surface area contributed by atoms with Gasteiger partial charge in [0.25, 0.3) is 0 Å². The minimum Gasteiger partial charge on any atom is -0.507 e. The van der Waals surface area contributed by atoms with Crippen LogP contribution in [-0.4, -0.2) is 34.6 Å². The van der Waals surface area contributed by atoms with Crippen LogP contribution in [0.2, 0.25) is 0 Å². The quantitative estimate of drug-likeness (QED) is 0.553. The summed E-state index contributed by atoms with van der Waals surface area (Å²) in [6.45, 7) is 1.55. The van der Waals surface area contributed by atoms with Crippen LogP contribution in [0.1, 0.15) is 30.4 Å². The van der Waals surface area contributed by atoms with E-state index in [2.05, 4.69) is 0 Å². The summed E-state index contributed by atoms with van der Waals surface area (Å²) < 4.78 is 10.8. The number of aliphatic hydroxyl groups is 2. The second-order valence-corrected chi connectivity index (χ2v) is 6.33. The smallest absolute Gasteiger partial charge is 0.343 e. The van der Waals surface area contributed by atoms with Crippen molar-refractivity contribution in [2.75, 3.05) is 13.2 Å². The molecule has 6 heteroatoms. The largest absolute Gasteiger partial charge is 0.507 e. The van der Waals surface area contributed by atoms with Gasteiger partial charge in [0.05, 0.1) is 17.6 Å². The fourth-order valence-corrected chi connectivity index (χ4v) is 3.10. The third kappa shape index (κ3) is 3.97. The average Bonchev–Trinajstić information content (AvgIpc) is 2.69. The normalized spacial score (nSPS) is 13.4. The lowest BCUT2D eigenvalue weighted by molar-refractivity contribution is 0.0536. The van der Waals surface area contributed by atoms with Gasteiger partial charge in [0, 0.05) is 5.92 Å². The molecule has 0 amide bonds. The topological polar surface area (TPSA) is 100 Å². The van der Waals surface area contributed by atoms with E-state index in [0.717, 1.165) is 5.56 Å². The van der Waals surface area contributed by atoms with Crippen LogP contribution in [0.5, 0.6) is 11.5 Å². The van der Waals surface area contributed by atoms with E-state index in [1.54, 1.807) is 36.4 Å². The second kappa shape index (κ2) is 8.24. The summed E-state index contributed by atoms with van der Waals surface area (Å²) in [7, 11) is 0. The zero-order chi connectivity index (χ0) is 19.4. The van der Waals surface area contributed by atoms with Gasteiger partial charge in [-0.1, -0.05) is 31.2 Å². The maximum absolute atomic E-state index is 12.5. The Kier molecular flexibility index (Phi) is 5.78. The van der Waals surface area contributed by atoms with Crippen LogP contribution >= 0.6 is 0 Å². The number of ether oxygens (including phenoxy) is 1. The third-order valence-electron chi connectivity index (χ3n) is 4.51. The molecular formula is C21H22O6. The highest BCUT2D eigenvalue weighted by Gasteiger charge is 2.23. The molecule has 3 N–H and O–H groups in total. The standard InChI is InChI=1S/C21H22O6/c1-2-16(13-7-9-15(10-8-13)26-12-14(23)11-22)19-20(24)17-5-3-4-6-18(17)27-21(19)25/h3-10,14,16,22-24H,2,11-12H2,1H3. The number of rotatable bonds is 7. The van der Waals surface area contributed by atoms with Crippen molar-refractivity contribution in [2.24, 2.45) is 0 Å². The summed E-state index contributed by atoms with van der Waals surface area (Å²) in [5.74, 6) is 0.152. The van der Waals surface area contributed by atoms with Crippen molar-refractivity contribution in [3.8, 4) is 11.5 Å². The first-order valence-corrected chi connectivity index (χ1v) is 8.81. The van der Waals surface area contributed by atoms with Crippen LogP contribution in [0.25, 0.3) is 11.0 Å². The maximum Gasteiger partial charge on any atom is 0.343 e. The van der Waals surface area contributed by atoms with Crippen LogP contribution in [0.4, 0.5) is 0 Å². The second-order valence-electron chi connectivity index (χ2n) is 6.33. The number of hydrogen-bond donors (Lipinski definition) is 3. The van der Waals surface area contributed by atoms with E-state index in [1.165, 1.54) is 0 Å². The van der Waals surface area contributed by atoms with Gasteiger partial charge >= 0.3 is 5.63 Å². The van der Waals surface area contributed by atoms with Crippen LogP contribution in [0.3, 0.4) is 0 Å². The monoisotopic (exact) mass is 370 g/mol. The maximum atomic E-state index is 12.5.